The number of aromatic nitrogens is 2. The van der Waals surface area contributed by atoms with Gasteiger partial charge in [-0.3, -0.25) is 0 Å². The van der Waals surface area contributed by atoms with Crippen LogP contribution in [0, 0.1) is 0 Å². The molecule has 0 fully saturated rings. The summed E-state index contributed by atoms with van der Waals surface area (Å²) < 4.78 is 25.2. The fourth-order valence-corrected chi connectivity index (χ4v) is 2.25. The van der Waals surface area contributed by atoms with Gasteiger partial charge in [0.1, 0.15) is 11.6 Å². The van der Waals surface area contributed by atoms with Crippen LogP contribution < -0.4 is 10.0 Å². The van der Waals surface area contributed by atoms with E-state index < -0.39 is 10.0 Å². The second kappa shape index (κ2) is 6.50. The fourth-order valence-electron chi connectivity index (χ4n) is 1.67. The zero-order chi connectivity index (χ0) is 17.2. The van der Waals surface area contributed by atoms with Crippen molar-refractivity contribution in [3.05, 3.63) is 17.6 Å². The standard InChI is InChI=1S/C15H28N4O2S/c1-14(2,3)11-10-12(17-8-9-22(20,21)16-7)19-13(18-11)15(4,5)6/h10,16H,8-9H2,1-7H3,(H,17,18,19). The average molecular weight is 328 g/mol. The highest BCUT2D eigenvalue weighted by molar-refractivity contribution is 7.89. The van der Waals surface area contributed by atoms with E-state index in [4.69, 9.17) is 0 Å². The quantitative estimate of drug-likeness (QED) is 0.864. The Morgan fingerprint density at radius 3 is 2.09 bits per heavy atom. The van der Waals surface area contributed by atoms with E-state index in [1.807, 2.05) is 6.07 Å². The molecule has 0 saturated heterocycles. The van der Waals surface area contributed by atoms with Crippen LogP contribution in [0.15, 0.2) is 6.07 Å². The van der Waals surface area contributed by atoms with Gasteiger partial charge in [0.05, 0.1) is 11.4 Å². The molecule has 0 atom stereocenters. The van der Waals surface area contributed by atoms with E-state index in [9.17, 15) is 8.42 Å². The summed E-state index contributed by atoms with van der Waals surface area (Å²) in [5.41, 5.74) is 0.664. The highest BCUT2D eigenvalue weighted by Gasteiger charge is 2.23. The summed E-state index contributed by atoms with van der Waals surface area (Å²) in [7, 11) is -1.81. The Hall–Kier alpha value is -1.21. The van der Waals surface area contributed by atoms with Gasteiger partial charge in [0.15, 0.2) is 0 Å². The number of rotatable bonds is 5. The molecule has 0 spiro atoms. The van der Waals surface area contributed by atoms with Crippen LogP contribution in [0.2, 0.25) is 0 Å². The molecule has 0 bridgehead atoms. The Bertz CT molecular complexity index is 581. The lowest BCUT2D eigenvalue weighted by Gasteiger charge is -2.24. The molecule has 0 aliphatic rings. The number of hydrogen-bond donors (Lipinski definition) is 2. The molecule has 0 unspecified atom stereocenters. The van der Waals surface area contributed by atoms with Crippen molar-refractivity contribution in [3.8, 4) is 0 Å². The maximum atomic E-state index is 11.5. The van der Waals surface area contributed by atoms with Gasteiger partial charge >= 0.3 is 0 Å². The van der Waals surface area contributed by atoms with Gasteiger partial charge in [-0.1, -0.05) is 41.5 Å². The van der Waals surface area contributed by atoms with Gasteiger partial charge in [-0.25, -0.2) is 23.1 Å². The molecule has 2 N–H and O–H groups in total. The Kier molecular flexibility index (Phi) is 5.56. The van der Waals surface area contributed by atoms with Gasteiger partial charge in [-0.05, 0) is 7.05 Å². The monoisotopic (exact) mass is 328 g/mol. The van der Waals surface area contributed by atoms with Crippen molar-refractivity contribution in [2.24, 2.45) is 0 Å². The molecule has 1 heterocycles. The second-order valence-electron chi connectivity index (χ2n) is 7.41. The summed E-state index contributed by atoms with van der Waals surface area (Å²) in [6.07, 6.45) is 0. The highest BCUT2D eigenvalue weighted by atomic mass is 32.2. The Morgan fingerprint density at radius 2 is 1.64 bits per heavy atom. The van der Waals surface area contributed by atoms with Crippen LogP contribution in [-0.4, -0.2) is 37.7 Å². The Balaban J connectivity index is 3.04. The minimum atomic E-state index is -3.22. The van der Waals surface area contributed by atoms with Crippen molar-refractivity contribution in [3.63, 3.8) is 0 Å². The third-order valence-corrected chi connectivity index (χ3v) is 4.52. The van der Waals surface area contributed by atoms with Crippen LogP contribution in [0.1, 0.15) is 53.1 Å². The minimum Gasteiger partial charge on any atom is -0.369 e. The first-order valence-electron chi connectivity index (χ1n) is 7.40. The van der Waals surface area contributed by atoms with Gasteiger partial charge in [0, 0.05) is 23.4 Å². The summed E-state index contributed by atoms with van der Waals surface area (Å²) in [5, 5.41) is 3.09. The smallest absolute Gasteiger partial charge is 0.213 e. The van der Waals surface area contributed by atoms with E-state index >= 15 is 0 Å². The zero-order valence-electron chi connectivity index (χ0n) is 14.6. The van der Waals surface area contributed by atoms with Crippen LogP contribution >= 0.6 is 0 Å². The van der Waals surface area contributed by atoms with Crippen molar-refractivity contribution >= 4 is 15.8 Å². The number of anilines is 1. The molecule has 0 radical (unpaired) electrons. The van der Waals surface area contributed by atoms with Gasteiger partial charge in [-0.15, -0.1) is 0 Å². The molecule has 22 heavy (non-hydrogen) atoms. The molecule has 0 aliphatic heterocycles. The molecule has 1 aromatic heterocycles. The van der Waals surface area contributed by atoms with E-state index in [-0.39, 0.29) is 16.6 Å². The molecule has 6 nitrogen and oxygen atoms in total. The summed E-state index contributed by atoms with van der Waals surface area (Å²) in [5.74, 6) is 1.42. The SMILES string of the molecule is CNS(=O)(=O)CCNc1cc(C(C)(C)C)nc(C(C)(C)C)n1. The topological polar surface area (TPSA) is 84.0 Å². The number of hydrogen-bond acceptors (Lipinski definition) is 5. The molecule has 0 aromatic carbocycles. The van der Waals surface area contributed by atoms with Gasteiger partial charge in [0.2, 0.25) is 10.0 Å². The van der Waals surface area contributed by atoms with Crippen LogP contribution in [0.4, 0.5) is 5.82 Å². The lowest BCUT2D eigenvalue weighted by molar-refractivity contribution is 0.514. The van der Waals surface area contributed by atoms with E-state index in [1.165, 1.54) is 7.05 Å². The summed E-state index contributed by atoms with van der Waals surface area (Å²) in [6.45, 7) is 12.8. The molecule has 1 rings (SSSR count). The number of nitrogens with one attached hydrogen (secondary N) is 2. The van der Waals surface area contributed by atoms with Crippen LogP contribution in [0.25, 0.3) is 0 Å². The highest BCUT2D eigenvalue weighted by Crippen LogP contribution is 2.26. The molecular formula is C15H28N4O2S. The first-order chi connectivity index (χ1) is 9.85. The van der Waals surface area contributed by atoms with Crippen LogP contribution in [-0.2, 0) is 20.9 Å². The maximum Gasteiger partial charge on any atom is 0.213 e. The molecular weight excluding hydrogens is 300 g/mol. The third kappa shape index (κ3) is 5.53. The summed E-state index contributed by atoms with van der Waals surface area (Å²) in [6, 6.07) is 1.89. The predicted molar refractivity (Wildman–Crippen MR) is 90.8 cm³/mol. The Morgan fingerprint density at radius 1 is 1.05 bits per heavy atom. The van der Waals surface area contributed by atoms with E-state index in [0.717, 1.165) is 11.5 Å². The Labute approximate surface area is 134 Å². The van der Waals surface area contributed by atoms with Crippen LogP contribution in [0.5, 0.6) is 0 Å². The molecule has 0 aliphatic carbocycles. The lowest BCUT2D eigenvalue weighted by Crippen LogP contribution is -2.27. The third-order valence-electron chi connectivity index (χ3n) is 3.15. The molecule has 126 valence electrons. The van der Waals surface area contributed by atoms with Gasteiger partial charge < -0.3 is 5.32 Å². The normalized spacial score (nSPS) is 13.2. The second-order valence-corrected chi connectivity index (χ2v) is 9.46. The van der Waals surface area contributed by atoms with Gasteiger partial charge in [-0.2, -0.15) is 0 Å². The summed E-state index contributed by atoms with van der Waals surface area (Å²) in [4.78, 5) is 9.19. The predicted octanol–water partition coefficient (Wildman–Crippen LogP) is 2.03. The van der Waals surface area contributed by atoms with E-state index in [2.05, 4.69) is 61.5 Å². The van der Waals surface area contributed by atoms with Crippen molar-refractivity contribution in [2.75, 3.05) is 24.7 Å². The first-order valence-corrected chi connectivity index (χ1v) is 9.05. The molecule has 7 heteroatoms. The lowest BCUT2D eigenvalue weighted by atomic mass is 9.90. The first kappa shape index (κ1) is 18.8. The zero-order valence-corrected chi connectivity index (χ0v) is 15.4. The molecule has 1 aromatic rings. The number of nitrogens with zero attached hydrogens (tertiary/aromatic N) is 2. The van der Waals surface area contributed by atoms with E-state index in [1.54, 1.807) is 0 Å². The van der Waals surface area contributed by atoms with Crippen molar-refractivity contribution in [1.82, 2.24) is 14.7 Å². The number of sulfonamides is 1. The van der Waals surface area contributed by atoms with Crippen LogP contribution in [0.3, 0.4) is 0 Å². The minimum absolute atomic E-state index is 0.00318. The van der Waals surface area contributed by atoms with E-state index in [0.29, 0.717) is 12.4 Å². The molecule has 0 amide bonds. The van der Waals surface area contributed by atoms with Crippen molar-refractivity contribution in [1.29, 1.82) is 0 Å². The largest absolute Gasteiger partial charge is 0.369 e. The maximum absolute atomic E-state index is 11.5. The average Bonchev–Trinajstić information content (AvgIpc) is 2.36. The van der Waals surface area contributed by atoms with Crippen molar-refractivity contribution < 1.29 is 8.42 Å². The molecule has 0 saturated carbocycles. The fraction of sp³-hybridized carbons (Fsp3) is 0.733. The van der Waals surface area contributed by atoms with Crippen molar-refractivity contribution in [2.45, 2.75) is 52.4 Å². The summed E-state index contributed by atoms with van der Waals surface area (Å²) >= 11 is 0. The van der Waals surface area contributed by atoms with Gasteiger partial charge in [0.25, 0.3) is 0 Å².